The highest BCUT2D eigenvalue weighted by molar-refractivity contribution is 9.10. The van der Waals surface area contributed by atoms with Crippen LogP contribution in [0, 0.1) is 20.8 Å². The quantitative estimate of drug-likeness (QED) is 0.725. The molecule has 0 aliphatic rings. The number of rotatable bonds is 5. The fourth-order valence-electron chi connectivity index (χ4n) is 2.70. The van der Waals surface area contributed by atoms with Gasteiger partial charge in [-0.3, -0.25) is 4.79 Å². The Bertz CT molecular complexity index is 938. The molecule has 2 aromatic rings. The Hall–Kier alpha value is -1.41. The molecule has 0 spiro atoms. The highest BCUT2D eigenvalue weighted by atomic mass is 79.9. The number of amides is 1. The van der Waals surface area contributed by atoms with Crippen molar-refractivity contribution < 1.29 is 13.2 Å². The van der Waals surface area contributed by atoms with Crippen molar-refractivity contribution in [3.05, 3.63) is 56.5 Å². The van der Waals surface area contributed by atoms with E-state index in [2.05, 4.69) is 21.2 Å². The van der Waals surface area contributed by atoms with Crippen LogP contribution in [-0.4, -0.2) is 32.2 Å². The van der Waals surface area contributed by atoms with Crippen LogP contribution in [0.3, 0.4) is 0 Å². The van der Waals surface area contributed by atoms with Gasteiger partial charge in [-0.05, 0) is 50.1 Å². The average Bonchev–Trinajstić information content (AvgIpc) is 2.50. The summed E-state index contributed by atoms with van der Waals surface area (Å²) in [4.78, 5) is 12.3. The third-order valence-corrected chi connectivity index (χ3v) is 6.67. The minimum Gasteiger partial charge on any atom is -0.324 e. The molecule has 1 N–H and O–H groups in total. The number of benzene rings is 2. The van der Waals surface area contributed by atoms with Crippen molar-refractivity contribution in [2.75, 3.05) is 18.9 Å². The zero-order chi connectivity index (χ0) is 19.6. The van der Waals surface area contributed by atoms with Gasteiger partial charge in [0.25, 0.3) is 0 Å². The van der Waals surface area contributed by atoms with Crippen LogP contribution < -0.4 is 5.32 Å². The van der Waals surface area contributed by atoms with Crippen molar-refractivity contribution in [3.8, 4) is 0 Å². The SMILES string of the molecule is Cc1cc(C)c(NC(=O)CN(C)S(=O)(=O)c2ccc(Br)cc2Cl)c(C)c1. The third-order valence-electron chi connectivity index (χ3n) is 3.89. The number of halogens is 2. The summed E-state index contributed by atoms with van der Waals surface area (Å²) in [5.41, 5.74) is 3.66. The van der Waals surface area contributed by atoms with E-state index in [1.54, 1.807) is 6.07 Å². The molecule has 0 fully saturated rings. The largest absolute Gasteiger partial charge is 0.324 e. The van der Waals surface area contributed by atoms with E-state index in [1.807, 2.05) is 32.9 Å². The van der Waals surface area contributed by atoms with Crippen molar-refractivity contribution in [3.63, 3.8) is 0 Å². The van der Waals surface area contributed by atoms with Gasteiger partial charge in [-0.15, -0.1) is 0 Å². The maximum atomic E-state index is 12.7. The molecule has 0 aliphatic carbocycles. The molecule has 5 nitrogen and oxygen atoms in total. The van der Waals surface area contributed by atoms with Gasteiger partial charge in [0.1, 0.15) is 4.90 Å². The van der Waals surface area contributed by atoms with Crippen LogP contribution >= 0.6 is 27.5 Å². The first-order valence-electron chi connectivity index (χ1n) is 7.81. The van der Waals surface area contributed by atoms with Gasteiger partial charge >= 0.3 is 0 Å². The molecule has 8 heteroatoms. The van der Waals surface area contributed by atoms with Crippen LogP contribution in [0.5, 0.6) is 0 Å². The lowest BCUT2D eigenvalue weighted by molar-refractivity contribution is -0.116. The summed E-state index contributed by atoms with van der Waals surface area (Å²) in [6.07, 6.45) is 0. The number of anilines is 1. The number of nitrogens with one attached hydrogen (secondary N) is 1. The van der Waals surface area contributed by atoms with E-state index >= 15 is 0 Å². The first kappa shape index (κ1) is 20.9. The van der Waals surface area contributed by atoms with Gasteiger partial charge in [-0.1, -0.05) is 45.2 Å². The lowest BCUT2D eigenvalue weighted by Gasteiger charge is -2.19. The number of carbonyl (C=O) groups is 1. The monoisotopic (exact) mass is 458 g/mol. The second kappa shape index (κ2) is 8.08. The summed E-state index contributed by atoms with van der Waals surface area (Å²) < 4.78 is 27.0. The lowest BCUT2D eigenvalue weighted by Crippen LogP contribution is -2.35. The number of carbonyl (C=O) groups excluding carboxylic acids is 1. The summed E-state index contributed by atoms with van der Waals surface area (Å²) in [7, 11) is -2.53. The Morgan fingerprint density at radius 3 is 2.27 bits per heavy atom. The average molecular weight is 460 g/mol. The van der Waals surface area contributed by atoms with Crippen LogP contribution in [0.2, 0.25) is 5.02 Å². The minimum atomic E-state index is -3.88. The van der Waals surface area contributed by atoms with Gasteiger partial charge in [0, 0.05) is 17.2 Å². The maximum absolute atomic E-state index is 12.7. The van der Waals surface area contributed by atoms with E-state index < -0.39 is 15.9 Å². The molecule has 2 aromatic carbocycles. The van der Waals surface area contributed by atoms with Crippen LogP contribution in [-0.2, 0) is 14.8 Å². The van der Waals surface area contributed by atoms with Crippen molar-refractivity contribution >= 4 is 49.1 Å². The Morgan fingerprint density at radius 2 is 1.73 bits per heavy atom. The molecule has 0 saturated carbocycles. The number of sulfonamides is 1. The van der Waals surface area contributed by atoms with Crippen LogP contribution in [0.1, 0.15) is 16.7 Å². The number of hydrogen-bond acceptors (Lipinski definition) is 3. The van der Waals surface area contributed by atoms with Crippen molar-refractivity contribution in [2.24, 2.45) is 0 Å². The molecule has 0 atom stereocenters. The van der Waals surface area contributed by atoms with Crippen molar-refractivity contribution in [1.29, 1.82) is 0 Å². The molecule has 1 amide bonds. The molecule has 0 aliphatic heterocycles. The molecule has 0 heterocycles. The van der Waals surface area contributed by atoms with E-state index in [4.69, 9.17) is 11.6 Å². The van der Waals surface area contributed by atoms with Crippen LogP contribution in [0.4, 0.5) is 5.69 Å². The zero-order valence-electron chi connectivity index (χ0n) is 14.9. The summed E-state index contributed by atoms with van der Waals surface area (Å²) in [5, 5.41) is 2.89. The Labute approximate surface area is 167 Å². The molecule has 0 aromatic heterocycles. The smallest absolute Gasteiger partial charge is 0.244 e. The first-order valence-corrected chi connectivity index (χ1v) is 10.4. The van der Waals surface area contributed by atoms with Gasteiger partial charge in [-0.2, -0.15) is 4.31 Å². The van der Waals surface area contributed by atoms with E-state index in [9.17, 15) is 13.2 Å². The van der Waals surface area contributed by atoms with Crippen molar-refractivity contribution in [1.82, 2.24) is 4.31 Å². The molecular formula is C18H20BrClN2O3S. The topological polar surface area (TPSA) is 66.5 Å². The van der Waals surface area contributed by atoms with Crippen molar-refractivity contribution in [2.45, 2.75) is 25.7 Å². The third kappa shape index (κ3) is 4.65. The van der Waals surface area contributed by atoms with Gasteiger partial charge < -0.3 is 5.32 Å². The summed E-state index contributed by atoms with van der Waals surface area (Å²) >= 11 is 9.28. The van der Waals surface area contributed by atoms with E-state index in [0.717, 1.165) is 21.0 Å². The fraction of sp³-hybridized carbons (Fsp3) is 0.278. The molecule has 26 heavy (non-hydrogen) atoms. The van der Waals surface area contributed by atoms with Crippen LogP contribution in [0.15, 0.2) is 39.7 Å². The van der Waals surface area contributed by atoms with Gasteiger partial charge in [0.05, 0.1) is 11.6 Å². The highest BCUT2D eigenvalue weighted by Crippen LogP contribution is 2.27. The lowest BCUT2D eigenvalue weighted by atomic mass is 10.1. The molecule has 0 radical (unpaired) electrons. The minimum absolute atomic E-state index is 0.0413. The Kier molecular flexibility index (Phi) is 6.50. The first-order chi connectivity index (χ1) is 12.0. The molecule has 0 bridgehead atoms. The Balaban J connectivity index is 2.18. The van der Waals surface area contributed by atoms with Gasteiger partial charge in [0.15, 0.2) is 0 Å². The predicted octanol–water partition coefficient (Wildman–Crippen LogP) is 4.29. The van der Waals surface area contributed by atoms with E-state index in [-0.39, 0.29) is 16.5 Å². The number of aryl methyl sites for hydroxylation is 3. The summed E-state index contributed by atoms with van der Waals surface area (Å²) in [6, 6.07) is 8.42. The molecular weight excluding hydrogens is 440 g/mol. The standard InChI is InChI=1S/C18H20BrClN2O3S/c1-11-7-12(2)18(13(3)8-11)21-17(23)10-22(4)26(24,25)16-6-5-14(19)9-15(16)20/h5-9H,10H2,1-4H3,(H,21,23). The normalized spacial score (nSPS) is 11.7. The number of nitrogens with zero attached hydrogens (tertiary/aromatic N) is 1. The predicted molar refractivity (Wildman–Crippen MR) is 108 cm³/mol. The Morgan fingerprint density at radius 1 is 1.15 bits per heavy atom. The summed E-state index contributed by atoms with van der Waals surface area (Å²) in [5.74, 6) is -0.417. The van der Waals surface area contributed by atoms with E-state index in [1.165, 1.54) is 19.2 Å². The number of likely N-dealkylation sites (N-methyl/N-ethyl adjacent to an activating group) is 1. The van der Waals surface area contributed by atoms with Gasteiger partial charge in [0.2, 0.25) is 15.9 Å². The second-order valence-electron chi connectivity index (χ2n) is 6.16. The van der Waals surface area contributed by atoms with Gasteiger partial charge in [-0.25, -0.2) is 8.42 Å². The number of hydrogen-bond donors (Lipinski definition) is 1. The van der Waals surface area contributed by atoms with Crippen LogP contribution in [0.25, 0.3) is 0 Å². The van der Waals surface area contributed by atoms with E-state index in [0.29, 0.717) is 10.2 Å². The molecule has 0 unspecified atom stereocenters. The fourth-order valence-corrected chi connectivity index (χ4v) is 4.83. The molecule has 0 saturated heterocycles. The summed E-state index contributed by atoms with van der Waals surface area (Å²) in [6.45, 7) is 5.46. The maximum Gasteiger partial charge on any atom is 0.244 e. The molecule has 140 valence electrons. The zero-order valence-corrected chi connectivity index (χ0v) is 18.1. The highest BCUT2D eigenvalue weighted by Gasteiger charge is 2.25. The molecule has 2 rings (SSSR count). The second-order valence-corrected chi connectivity index (χ2v) is 9.49.